The zero-order valence-corrected chi connectivity index (χ0v) is 11.7. The minimum atomic E-state index is -1.16. The molecule has 0 rings (SSSR count). The lowest BCUT2D eigenvalue weighted by atomic mass is 9.77. The largest absolute Gasteiger partial charge is 0.466 e. The maximum absolute atomic E-state index is 11.9. The smallest absolute Gasteiger partial charge is 0.311 e. The van der Waals surface area contributed by atoms with E-state index in [-0.39, 0.29) is 18.5 Å². The normalized spacial score (nSPS) is 16.6. The van der Waals surface area contributed by atoms with Crippen LogP contribution >= 0.6 is 0 Å². The van der Waals surface area contributed by atoms with E-state index in [1.54, 1.807) is 6.92 Å². The molecule has 0 radical (unpaired) electrons. The van der Waals surface area contributed by atoms with Crippen molar-refractivity contribution >= 4 is 5.97 Å². The third kappa shape index (κ3) is 4.28. The first-order valence-electron chi connectivity index (χ1n) is 6.31. The van der Waals surface area contributed by atoms with Gasteiger partial charge < -0.3 is 14.6 Å². The van der Waals surface area contributed by atoms with Gasteiger partial charge in [0.05, 0.1) is 19.1 Å². The average molecular weight is 246 g/mol. The highest BCUT2D eigenvalue weighted by molar-refractivity contribution is 5.74. The van der Waals surface area contributed by atoms with Gasteiger partial charge in [0.1, 0.15) is 5.60 Å². The van der Waals surface area contributed by atoms with E-state index >= 15 is 0 Å². The molecular weight excluding hydrogens is 220 g/mol. The monoisotopic (exact) mass is 246 g/mol. The Morgan fingerprint density at radius 1 is 1.35 bits per heavy atom. The molecule has 4 nitrogen and oxygen atoms in total. The van der Waals surface area contributed by atoms with E-state index in [0.29, 0.717) is 13.0 Å². The van der Waals surface area contributed by atoms with Gasteiger partial charge in [0.25, 0.3) is 0 Å². The topological polar surface area (TPSA) is 55.8 Å². The van der Waals surface area contributed by atoms with Crippen LogP contribution < -0.4 is 0 Å². The molecule has 0 spiro atoms. The molecule has 0 heterocycles. The number of hydrogen-bond acceptors (Lipinski definition) is 4. The van der Waals surface area contributed by atoms with Crippen molar-refractivity contribution in [3.8, 4) is 0 Å². The van der Waals surface area contributed by atoms with Crippen LogP contribution in [0.2, 0.25) is 0 Å². The molecule has 0 aromatic carbocycles. The summed E-state index contributed by atoms with van der Waals surface area (Å²) in [6.07, 6.45) is 1.43. The van der Waals surface area contributed by atoms with Gasteiger partial charge in [-0.05, 0) is 19.3 Å². The van der Waals surface area contributed by atoms with Crippen molar-refractivity contribution in [2.45, 2.75) is 46.1 Å². The van der Waals surface area contributed by atoms with Crippen LogP contribution in [0.5, 0.6) is 0 Å². The summed E-state index contributed by atoms with van der Waals surface area (Å²) in [6, 6.07) is 0. The molecule has 2 unspecified atom stereocenters. The Morgan fingerprint density at radius 3 is 2.29 bits per heavy atom. The van der Waals surface area contributed by atoms with Crippen LogP contribution in [0.4, 0.5) is 0 Å². The quantitative estimate of drug-likeness (QED) is 0.666. The first-order valence-corrected chi connectivity index (χ1v) is 6.31. The van der Waals surface area contributed by atoms with E-state index in [0.717, 1.165) is 6.42 Å². The summed E-state index contributed by atoms with van der Waals surface area (Å²) in [7, 11) is 1.53. The van der Waals surface area contributed by atoms with Crippen LogP contribution in [0.1, 0.15) is 40.5 Å². The molecule has 0 aromatic heterocycles. The minimum absolute atomic E-state index is 0.0663. The van der Waals surface area contributed by atoms with E-state index < -0.39 is 11.5 Å². The van der Waals surface area contributed by atoms with Gasteiger partial charge in [-0.2, -0.15) is 0 Å². The minimum Gasteiger partial charge on any atom is -0.466 e. The molecule has 0 aliphatic rings. The molecule has 17 heavy (non-hydrogen) atoms. The summed E-state index contributed by atoms with van der Waals surface area (Å²) in [5.74, 6) is -0.918. The Labute approximate surface area is 104 Å². The first kappa shape index (κ1) is 16.4. The van der Waals surface area contributed by atoms with Crippen molar-refractivity contribution in [1.29, 1.82) is 0 Å². The highest BCUT2D eigenvalue weighted by atomic mass is 16.5. The van der Waals surface area contributed by atoms with Gasteiger partial charge in [0.2, 0.25) is 0 Å². The van der Waals surface area contributed by atoms with Crippen LogP contribution in [-0.4, -0.2) is 37.0 Å². The number of esters is 1. The molecule has 0 bridgehead atoms. The van der Waals surface area contributed by atoms with Crippen molar-refractivity contribution in [3.63, 3.8) is 0 Å². The van der Waals surface area contributed by atoms with Crippen LogP contribution in [0, 0.1) is 11.8 Å². The number of ether oxygens (including phenoxy) is 2. The van der Waals surface area contributed by atoms with Crippen molar-refractivity contribution < 1.29 is 19.4 Å². The van der Waals surface area contributed by atoms with Crippen LogP contribution in [-0.2, 0) is 14.3 Å². The number of carbonyl (C=O) groups is 1. The summed E-state index contributed by atoms with van der Waals surface area (Å²) in [4.78, 5) is 11.9. The van der Waals surface area contributed by atoms with Gasteiger partial charge in [-0.1, -0.05) is 27.2 Å². The molecule has 1 N–H and O–H groups in total. The van der Waals surface area contributed by atoms with E-state index in [2.05, 4.69) is 0 Å². The molecule has 0 amide bonds. The zero-order valence-electron chi connectivity index (χ0n) is 11.7. The van der Waals surface area contributed by atoms with Crippen LogP contribution in [0.25, 0.3) is 0 Å². The summed E-state index contributed by atoms with van der Waals surface area (Å²) in [5, 5.41) is 10.7. The Bertz CT molecular complexity index is 227. The van der Waals surface area contributed by atoms with Gasteiger partial charge in [0.15, 0.2) is 0 Å². The van der Waals surface area contributed by atoms with Crippen LogP contribution in [0.15, 0.2) is 0 Å². The zero-order chi connectivity index (χ0) is 13.5. The highest BCUT2D eigenvalue weighted by Gasteiger charge is 2.44. The molecule has 0 saturated heterocycles. The number of rotatable bonds is 8. The molecule has 4 heteroatoms. The second-order valence-corrected chi connectivity index (χ2v) is 4.67. The van der Waals surface area contributed by atoms with Crippen molar-refractivity contribution in [2.75, 3.05) is 20.3 Å². The molecule has 0 aliphatic heterocycles. The van der Waals surface area contributed by atoms with Gasteiger partial charge >= 0.3 is 5.97 Å². The van der Waals surface area contributed by atoms with Gasteiger partial charge in [0, 0.05) is 7.11 Å². The van der Waals surface area contributed by atoms with E-state index in [4.69, 9.17) is 9.47 Å². The molecule has 0 fully saturated rings. The Kier molecular flexibility index (Phi) is 7.39. The number of hydrogen-bond donors (Lipinski definition) is 1. The van der Waals surface area contributed by atoms with Crippen LogP contribution in [0.3, 0.4) is 0 Å². The maximum Gasteiger partial charge on any atom is 0.311 e. The fourth-order valence-electron chi connectivity index (χ4n) is 2.00. The van der Waals surface area contributed by atoms with E-state index in [9.17, 15) is 9.90 Å². The highest BCUT2D eigenvalue weighted by Crippen LogP contribution is 2.31. The molecular formula is C13H26O4. The Morgan fingerprint density at radius 2 is 1.94 bits per heavy atom. The lowest BCUT2D eigenvalue weighted by Gasteiger charge is -2.37. The standard InChI is InChI=1S/C13H26O4/c1-6-8-11(12(14)17-7-2)13(15,9-16-5)10(3)4/h10-11,15H,6-9H2,1-5H3. The van der Waals surface area contributed by atoms with Gasteiger partial charge in [-0.3, -0.25) is 4.79 Å². The molecule has 102 valence electrons. The fourth-order valence-corrected chi connectivity index (χ4v) is 2.00. The average Bonchev–Trinajstić information content (AvgIpc) is 2.26. The molecule has 0 saturated carbocycles. The third-order valence-corrected chi connectivity index (χ3v) is 3.13. The SMILES string of the molecule is CCCC(C(=O)OCC)C(O)(COC)C(C)C. The number of carbonyl (C=O) groups excluding carboxylic acids is 1. The lowest BCUT2D eigenvalue weighted by Crippen LogP contribution is -2.50. The van der Waals surface area contributed by atoms with E-state index in [1.807, 2.05) is 20.8 Å². The van der Waals surface area contributed by atoms with Crippen molar-refractivity contribution in [1.82, 2.24) is 0 Å². The predicted octanol–water partition coefficient (Wildman–Crippen LogP) is 2.00. The third-order valence-electron chi connectivity index (χ3n) is 3.13. The van der Waals surface area contributed by atoms with Gasteiger partial charge in [-0.25, -0.2) is 0 Å². The Balaban J connectivity index is 5.01. The first-order chi connectivity index (χ1) is 7.93. The Hall–Kier alpha value is -0.610. The molecule has 0 aliphatic carbocycles. The second-order valence-electron chi connectivity index (χ2n) is 4.67. The summed E-state index contributed by atoms with van der Waals surface area (Å²) < 4.78 is 10.1. The van der Waals surface area contributed by atoms with Crippen molar-refractivity contribution in [2.24, 2.45) is 11.8 Å². The predicted molar refractivity (Wildman–Crippen MR) is 66.7 cm³/mol. The fraction of sp³-hybridized carbons (Fsp3) is 0.923. The molecule has 0 aromatic rings. The summed E-state index contributed by atoms with van der Waals surface area (Å²) in [6.45, 7) is 8.02. The lowest BCUT2D eigenvalue weighted by molar-refractivity contribution is -0.169. The second kappa shape index (κ2) is 7.67. The number of methoxy groups -OCH3 is 1. The van der Waals surface area contributed by atoms with Crippen molar-refractivity contribution in [3.05, 3.63) is 0 Å². The maximum atomic E-state index is 11.9. The molecule has 2 atom stereocenters. The summed E-state index contributed by atoms with van der Waals surface area (Å²) in [5.41, 5.74) is -1.16. The number of aliphatic hydroxyl groups is 1. The summed E-state index contributed by atoms with van der Waals surface area (Å²) >= 11 is 0. The van der Waals surface area contributed by atoms with Gasteiger partial charge in [-0.15, -0.1) is 0 Å². The van der Waals surface area contributed by atoms with E-state index in [1.165, 1.54) is 7.11 Å².